The largest absolute Gasteiger partial charge is 0.354 e. The van der Waals surface area contributed by atoms with Crippen molar-refractivity contribution in [3.8, 4) is 0 Å². The van der Waals surface area contributed by atoms with E-state index in [4.69, 9.17) is 0 Å². The molecule has 2 rings (SSSR count). The maximum Gasteiger partial charge on any atom is 0.244 e. The summed E-state index contributed by atoms with van der Waals surface area (Å²) in [7, 11) is -3.76. The number of rotatable bonds is 10. The molecule has 0 radical (unpaired) electrons. The number of aryl methyl sites for hydroxylation is 1. The van der Waals surface area contributed by atoms with Gasteiger partial charge < -0.3 is 10.2 Å². The van der Waals surface area contributed by atoms with E-state index in [1.807, 2.05) is 45.0 Å². The number of anilines is 1. The van der Waals surface area contributed by atoms with E-state index in [1.54, 1.807) is 31.2 Å². The second-order valence-corrected chi connectivity index (χ2v) is 11.3. The summed E-state index contributed by atoms with van der Waals surface area (Å²) in [5, 5.41) is 2.87. The third-order valence-corrected chi connectivity index (χ3v) is 6.88. The Balaban J connectivity index is 2.38. The quantitative estimate of drug-likeness (QED) is 0.500. The summed E-state index contributed by atoms with van der Waals surface area (Å²) < 4.78 is 26.8. The Labute approximate surface area is 205 Å². The molecule has 2 amide bonds. The molecular formula is C24H32BrN3O4S. The highest BCUT2D eigenvalue weighted by Crippen LogP contribution is 2.28. The van der Waals surface area contributed by atoms with Crippen LogP contribution >= 0.6 is 15.9 Å². The first-order valence-corrected chi connectivity index (χ1v) is 13.4. The molecule has 1 N–H and O–H groups in total. The summed E-state index contributed by atoms with van der Waals surface area (Å²) >= 11 is 3.37. The maximum atomic E-state index is 13.5. The molecule has 2 aromatic rings. The van der Waals surface area contributed by atoms with E-state index in [-0.39, 0.29) is 18.4 Å². The van der Waals surface area contributed by atoms with Crippen molar-refractivity contribution in [2.75, 3.05) is 23.7 Å². The van der Waals surface area contributed by atoms with Gasteiger partial charge in [-0.1, -0.05) is 55.8 Å². The Bertz CT molecular complexity index is 1090. The summed E-state index contributed by atoms with van der Waals surface area (Å²) in [6, 6.07) is 13.7. The van der Waals surface area contributed by atoms with Crippen LogP contribution in [0.1, 0.15) is 31.9 Å². The van der Waals surface area contributed by atoms with Crippen molar-refractivity contribution < 1.29 is 18.0 Å². The van der Waals surface area contributed by atoms with Gasteiger partial charge in [0.05, 0.1) is 11.9 Å². The molecule has 0 fully saturated rings. The monoisotopic (exact) mass is 537 g/mol. The van der Waals surface area contributed by atoms with Crippen molar-refractivity contribution in [3.63, 3.8) is 0 Å². The zero-order valence-corrected chi connectivity index (χ0v) is 22.1. The number of hydrogen-bond donors (Lipinski definition) is 1. The third-order valence-electron chi connectivity index (χ3n) is 5.09. The standard InChI is InChI=1S/C24H32BrN3O4S/c1-17(2)14-26-24(30)19(4)27(15-20-10-8-9-18(3)13-20)23(29)16-28(33(5,31)32)22-12-7-6-11-21(22)25/h6-13,17,19H,14-16H2,1-5H3,(H,26,30)/t19-/m1/s1. The number of nitrogens with one attached hydrogen (secondary N) is 1. The van der Waals surface area contributed by atoms with Crippen molar-refractivity contribution in [1.29, 1.82) is 0 Å². The predicted molar refractivity (Wildman–Crippen MR) is 135 cm³/mol. The lowest BCUT2D eigenvalue weighted by molar-refractivity contribution is -0.139. The van der Waals surface area contributed by atoms with Gasteiger partial charge in [-0.2, -0.15) is 0 Å². The molecule has 0 heterocycles. The van der Waals surface area contributed by atoms with Crippen LogP contribution in [0.15, 0.2) is 53.0 Å². The lowest BCUT2D eigenvalue weighted by Crippen LogP contribution is -2.51. The van der Waals surface area contributed by atoms with Gasteiger partial charge >= 0.3 is 0 Å². The summed E-state index contributed by atoms with van der Waals surface area (Å²) in [6.45, 7) is 7.84. The van der Waals surface area contributed by atoms with Crippen LogP contribution in [0, 0.1) is 12.8 Å². The van der Waals surface area contributed by atoms with Crippen molar-refractivity contribution >= 4 is 43.5 Å². The lowest BCUT2D eigenvalue weighted by Gasteiger charge is -2.32. The minimum Gasteiger partial charge on any atom is -0.354 e. The second-order valence-electron chi connectivity index (χ2n) is 8.55. The Hall–Kier alpha value is -2.39. The summed E-state index contributed by atoms with van der Waals surface area (Å²) in [4.78, 5) is 27.7. The number of halogens is 1. The Kier molecular flexibility index (Phi) is 9.48. The van der Waals surface area contributed by atoms with Crippen molar-refractivity contribution in [3.05, 3.63) is 64.1 Å². The van der Waals surface area contributed by atoms with Crippen LogP contribution in [0.4, 0.5) is 5.69 Å². The molecule has 0 aliphatic heterocycles. The number of para-hydroxylation sites is 1. The molecule has 7 nitrogen and oxygen atoms in total. The summed E-state index contributed by atoms with van der Waals surface area (Å²) in [5.41, 5.74) is 2.25. The molecule has 0 saturated heterocycles. The zero-order valence-electron chi connectivity index (χ0n) is 19.7. The van der Waals surface area contributed by atoms with Crippen LogP contribution in [0.25, 0.3) is 0 Å². The Morgan fingerprint density at radius 3 is 2.30 bits per heavy atom. The van der Waals surface area contributed by atoms with Crippen LogP contribution in [0.5, 0.6) is 0 Å². The second kappa shape index (κ2) is 11.7. The molecule has 0 spiro atoms. The minimum absolute atomic E-state index is 0.185. The minimum atomic E-state index is -3.76. The maximum absolute atomic E-state index is 13.5. The molecule has 0 unspecified atom stereocenters. The van der Waals surface area contributed by atoms with Gasteiger partial charge in [-0.3, -0.25) is 13.9 Å². The number of carbonyl (C=O) groups is 2. The van der Waals surface area contributed by atoms with Gasteiger partial charge in [0.25, 0.3) is 0 Å². The number of hydrogen-bond acceptors (Lipinski definition) is 4. The molecule has 0 saturated carbocycles. The van der Waals surface area contributed by atoms with Crippen molar-refractivity contribution in [2.45, 2.75) is 40.3 Å². The molecule has 0 aliphatic rings. The summed E-state index contributed by atoms with van der Waals surface area (Å²) in [5.74, 6) is -0.486. The average molecular weight is 539 g/mol. The third kappa shape index (κ3) is 7.85. The van der Waals surface area contributed by atoms with Gasteiger partial charge in [0.1, 0.15) is 12.6 Å². The van der Waals surface area contributed by atoms with Crippen molar-refractivity contribution in [2.24, 2.45) is 5.92 Å². The van der Waals surface area contributed by atoms with Gasteiger partial charge in [0.2, 0.25) is 21.8 Å². The van der Waals surface area contributed by atoms with E-state index in [2.05, 4.69) is 21.2 Å². The van der Waals surface area contributed by atoms with Gasteiger partial charge in [0, 0.05) is 17.6 Å². The molecule has 1 atom stereocenters. The van der Waals surface area contributed by atoms with E-state index >= 15 is 0 Å². The van der Waals surface area contributed by atoms with Gasteiger partial charge in [0.15, 0.2) is 0 Å². The number of carbonyl (C=O) groups excluding carboxylic acids is 2. The normalized spacial score (nSPS) is 12.3. The van der Waals surface area contributed by atoms with E-state index in [0.717, 1.165) is 21.7 Å². The molecule has 0 aliphatic carbocycles. The molecule has 33 heavy (non-hydrogen) atoms. The number of nitrogens with zero attached hydrogens (tertiary/aromatic N) is 2. The molecular weight excluding hydrogens is 506 g/mol. The van der Waals surface area contributed by atoms with Crippen LogP contribution < -0.4 is 9.62 Å². The molecule has 0 aromatic heterocycles. The number of sulfonamides is 1. The van der Waals surface area contributed by atoms with E-state index < -0.39 is 28.5 Å². The molecule has 180 valence electrons. The van der Waals surface area contributed by atoms with Crippen LogP contribution in [-0.4, -0.2) is 50.5 Å². The van der Waals surface area contributed by atoms with Crippen LogP contribution in [0.3, 0.4) is 0 Å². The highest BCUT2D eigenvalue weighted by atomic mass is 79.9. The van der Waals surface area contributed by atoms with Gasteiger partial charge in [-0.15, -0.1) is 0 Å². The van der Waals surface area contributed by atoms with E-state index in [9.17, 15) is 18.0 Å². The first kappa shape index (κ1) is 26.9. The number of benzene rings is 2. The molecule has 9 heteroatoms. The number of amides is 2. The lowest BCUT2D eigenvalue weighted by atomic mass is 10.1. The smallest absolute Gasteiger partial charge is 0.244 e. The first-order valence-electron chi connectivity index (χ1n) is 10.7. The first-order chi connectivity index (χ1) is 15.4. The molecule has 2 aromatic carbocycles. The van der Waals surface area contributed by atoms with Crippen LogP contribution in [0.2, 0.25) is 0 Å². The van der Waals surface area contributed by atoms with E-state index in [0.29, 0.717) is 16.7 Å². The van der Waals surface area contributed by atoms with Crippen LogP contribution in [-0.2, 0) is 26.2 Å². The van der Waals surface area contributed by atoms with Crippen molar-refractivity contribution in [1.82, 2.24) is 10.2 Å². The fourth-order valence-electron chi connectivity index (χ4n) is 3.29. The topological polar surface area (TPSA) is 86.8 Å². The van der Waals surface area contributed by atoms with E-state index in [1.165, 1.54) is 4.90 Å². The predicted octanol–water partition coefficient (Wildman–Crippen LogP) is 3.71. The fraction of sp³-hybridized carbons (Fsp3) is 0.417. The zero-order chi connectivity index (χ0) is 24.8. The highest BCUT2D eigenvalue weighted by Gasteiger charge is 2.30. The van der Waals surface area contributed by atoms with Gasteiger partial charge in [-0.25, -0.2) is 8.42 Å². The Morgan fingerprint density at radius 2 is 1.73 bits per heavy atom. The Morgan fingerprint density at radius 1 is 1.06 bits per heavy atom. The average Bonchev–Trinajstić information content (AvgIpc) is 2.73. The van der Waals surface area contributed by atoms with Gasteiger partial charge in [-0.05, 0) is 53.4 Å². The highest BCUT2D eigenvalue weighted by molar-refractivity contribution is 9.10. The SMILES string of the molecule is Cc1cccc(CN(C(=O)CN(c2ccccc2Br)S(C)(=O)=O)[C@H](C)C(=O)NCC(C)C)c1. The fourth-order valence-corrected chi connectivity index (χ4v) is 4.77. The summed E-state index contributed by atoms with van der Waals surface area (Å²) in [6.07, 6.45) is 1.06. The molecule has 0 bridgehead atoms.